The highest BCUT2D eigenvalue weighted by molar-refractivity contribution is 6.52. The van der Waals surface area contributed by atoms with E-state index in [4.69, 9.17) is 5.73 Å². The van der Waals surface area contributed by atoms with Gasteiger partial charge in [0.2, 0.25) is 0 Å². The molecule has 0 spiro atoms. The maximum Gasteiger partial charge on any atom is 0.299 e. The molecule has 6 heteroatoms. The van der Waals surface area contributed by atoms with Crippen LogP contribution in [0.5, 0.6) is 0 Å². The van der Waals surface area contributed by atoms with Crippen LogP contribution in [0.4, 0.5) is 14.5 Å². The third-order valence-corrected chi connectivity index (χ3v) is 2.60. The van der Waals surface area contributed by atoms with Gasteiger partial charge in [0.25, 0.3) is 11.7 Å². The second-order valence-electron chi connectivity index (χ2n) is 3.68. The zero-order valence-corrected chi connectivity index (χ0v) is 8.87. The summed E-state index contributed by atoms with van der Waals surface area (Å²) in [6, 6.07) is 1.74. The molecule has 1 aliphatic heterocycles. The molecular formula is C11H10F2N2O2. The van der Waals surface area contributed by atoms with Crippen molar-refractivity contribution in [2.75, 3.05) is 18.0 Å². The number of nitrogens with two attached hydrogens (primary N) is 1. The highest BCUT2D eigenvalue weighted by atomic mass is 19.1. The van der Waals surface area contributed by atoms with E-state index >= 15 is 0 Å². The summed E-state index contributed by atoms with van der Waals surface area (Å²) in [5, 5.41) is 0. The molecule has 2 N–H and O–H groups in total. The van der Waals surface area contributed by atoms with Crippen molar-refractivity contribution in [2.45, 2.75) is 6.42 Å². The van der Waals surface area contributed by atoms with Crippen molar-refractivity contribution in [1.29, 1.82) is 0 Å². The van der Waals surface area contributed by atoms with E-state index in [1.807, 2.05) is 0 Å². The van der Waals surface area contributed by atoms with Crippen molar-refractivity contribution >= 4 is 17.4 Å². The second-order valence-corrected chi connectivity index (χ2v) is 3.68. The molecule has 0 bridgehead atoms. The molecule has 1 aliphatic rings. The Hall–Kier alpha value is -1.82. The normalized spacial score (nSPS) is 14.4. The van der Waals surface area contributed by atoms with E-state index in [-0.39, 0.29) is 12.2 Å². The maximum atomic E-state index is 13.6. The predicted octanol–water partition coefficient (Wildman–Crippen LogP) is 0.843. The SMILES string of the molecule is NCCCN1C(=O)C(=O)c2c(F)ccc(F)c21. The smallest absolute Gasteiger partial charge is 0.299 e. The summed E-state index contributed by atoms with van der Waals surface area (Å²) in [5.74, 6) is -3.57. The van der Waals surface area contributed by atoms with Crippen LogP contribution in [0.15, 0.2) is 12.1 Å². The Morgan fingerprint density at radius 3 is 2.47 bits per heavy atom. The maximum absolute atomic E-state index is 13.6. The van der Waals surface area contributed by atoms with E-state index in [0.717, 1.165) is 17.0 Å². The molecule has 0 fully saturated rings. The summed E-state index contributed by atoms with van der Waals surface area (Å²) in [7, 11) is 0. The lowest BCUT2D eigenvalue weighted by molar-refractivity contribution is -0.114. The van der Waals surface area contributed by atoms with E-state index in [1.165, 1.54) is 0 Å². The Morgan fingerprint density at radius 2 is 1.82 bits per heavy atom. The van der Waals surface area contributed by atoms with E-state index in [2.05, 4.69) is 0 Å². The molecule has 0 atom stereocenters. The van der Waals surface area contributed by atoms with Gasteiger partial charge in [-0.1, -0.05) is 0 Å². The fourth-order valence-corrected chi connectivity index (χ4v) is 1.81. The molecule has 90 valence electrons. The topological polar surface area (TPSA) is 63.4 Å². The van der Waals surface area contributed by atoms with Gasteiger partial charge in [-0.2, -0.15) is 0 Å². The fraction of sp³-hybridized carbons (Fsp3) is 0.273. The molecule has 0 unspecified atom stereocenters. The number of hydrogen-bond acceptors (Lipinski definition) is 3. The van der Waals surface area contributed by atoms with Crippen LogP contribution in [0.1, 0.15) is 16.8 Å². The second kappa shape index (κ2) is 4.21. The number of rotatable bonds is 3. The first-order valence-electron chi connectivity index (χ1n) is 5.12. The van der Waals surface area contributed by atoms with Crippen molar-refractivity contribution in [2.24, 2.45) is 5.73 Å². The average Bonchev–Trinajstić information content (AvgIpc) is 2.56. The highest BCUT2D eigenvalue weighted by Gasteiger charge is 2.39. The number of ketones is 1. The molecule has 0 aliphatic carbocycles. The Labute approximate surface area is 96.0 Å². The number of amides is 1. The third-order valence-electron chi connectivity index (χ3n) is 2.60. The van der Waals surface area contributed by atoms with Gasteiger partial charge in [-0.3, -0.25) is 9.59 Å². The highest BCUT2D eigenvalue weighted by Crippen LogP contribution is 2.33. The molecule has 4 nitrogen and oxygen atoms in total. The van der Waals surface area contributed by atoms with Gasteiger partial charge in [0, 0.05) is 6.54 Å². The molecule has 17 heavy (non-hydrogen) atoms. The van der Waals surface area contributed by atoms with Crippen LogP contribution in [-0.4, -0.2) is 24.8 Å². The van der Waals surface area contributed by atoms with Gasteiger partial charge in [0.05, 0.1) is 11.3 Å². The van der Waals surface area contributed by atoms with Crippen LogP contribution in [0, 0.1) is 11.6 Å². The van der Waals surface area contributed by atoms with Gasteiger partial charge in [0.1, 0.15) is 11.6 Å². The minimum atomic E-state index is -1.01. The minimum absolute atomic E-state index is 0.106. The number of anilines is 1. The molecule has 1 aromatic rings. The number of carbonyl (C=O) groups is 2. The molecule has 2 rings (SSSR count). The van der Waals surface area contributed by atoms with E-state index in [0.29, 0.717) is 13.0 Å². The molecular weight excluding hydrogens is 230 g/mol. The van der Waals surface area contributed by atoms with Crippen molar-refractivity contribution in [3.05, 3.63) is 29.3 Å². The predicted molar refractivity (Wildman–Crippen MR) is 56.7 cm³/mol. The molecule has 1 heterocycles. The number of benzene rings is 1. The van der Waals surface area contributed by atoms with Crippen LogP contribution < -0.4 is 10.6 Å². The van der Waals surface area contributed by atoms with Gasteiger partial charge < -0.3 is 10.6 Å². The first kappa shape index (κ1) is 11.7. The van der Waals surface area contributed by atoms with Crippen molar-refractivity contribution in [3.8, 4) is 0 Å². The number of fused-ring (bicyclic) bond motifs is 1. The lowest BCUT2D eigenvalue weighted by Crippen LogP contribution is -2.32. The Balaban J connectivity index is 2.52. The van der Waals surface area contributed by atoms with Crippen molar-refractivity contribution < 1.29 is 18.4 Å². The standard InChI is InChI=1S/C11H10F2N2O2/c12-6-2-3-7(13)9-8(6)10(16)11(17)15(9)5-1-4-14/h2-3H,1,4-5,14H2. The van der Waals surface area contributed by atoms with Crippen LogP contribution in [-0.2, 0) is 4.79 Å². The molecule has 0 aromatic heterocycles. The molecule has 0 saturated carbocycles. The molecule has 1 aromatic carbocycles. The number of Topliss-reactive ketones (excluding diaryl/α,β-unsaturated/α-hetero) is 1. The van der Waals surface area contributed by atoms with Gasteiger partial charge in [0.15, 0.2) is 0 Å². The number of carbonyl (C=O) groups excluding carboxylic acids is 2. The molecule has 0 radical (unpaired) electrons. The lowest BCUT2D eigenvalue weighted by atomic mass is 10.1. The summed E-state index contributed by atoms with van der Waals surface area (Å²) in [5.41, 5.74) is 4.53. The van der Waals surface area contributed by atoms with Gasteiger partial charge >= 0.3 is 0 Å². The first-order valence-corrected chi connectivity index (χ1v) is 5.12. The van der Waals surface area contributed by atoms with E-state index in [1.54, 1.807) is 0 Å². The van der Waals surface area contributed by atoms with Crippen LogP contribution in [0.3, 0.4) is 0 Å². The van der Waals surface area contributed by atoms with Gasteiger partial charge in [-0.05, 0) is 25.1 Å². The van der Waals surface area contributed by atoms with Gasteiger partial charge in [-0.25, -0.2) is 8.78 Å². The molecule has 1 amide bonds. The van der Waals surface area contributed by atoms with Crippen molar-refractivity contribution in [3.63, 3.8) is 0 Å². The van der Waals surface area contributed by atoms with Gasteiger partial charge in [-0.15, -0.1) is 0 Å². The quantitative estimate of drug-likeness (QED) is 0.796. The number of halogens is 2. The van der Waals surface area contributed by atoms with Crippen LogP contribution in [0.2, 0.25) is 0 Å². The Kier molecular flexibility index (Phi) is 2.89. The Bertz CT molecular complexity index is 502. The number of hydrogen-bond donors (Lipinski definition) is 1. The first-order chi connectivity index (χ1) is 8.07. The third kappa shape index (κ3) is 1.70. The lowest BCUT2D eigenvalue weighted by Gasteiger charge is -2.16. The number of nitrogens with zero attached hydrogens (tertiary/aromatic N) is 1. The van der Waals surface area contributed by atoms with Crippen LogP contribution in [0.25, 0.3) is 0 Å². The van der Waals surface area contributed by atoms with E-state index in [9.17, 15) is 18.4 Å². The Morgan fingerprint density at radius 1 is 1.18 bits per heavy atom. The largest absolute Gasteiger partial charge is 0.330 e. The minimum Gasteiger partial charge on any atom is -0.330 e. The summed E-state index contributed by atoms with van der Waals surface area (Å²) < 4.78 is 26.9. The summed E-state index contributed by atoms with van der Waals surface area (Å²) in [4.78, 5) is 24.0. The molecule has 0 saturated heterocycles. The average molecular weight is 240 g/mol. The van der Waals surface area contributed by atoms with Crippen molar-refractivity contribution in [1.82, 2.24) is 0 Å². The van der Waals surface area contributed by atoms with Crippen LogP contribution >= 0.6 is 0 Å². The zero-order chi connectivity index (χ0) is 12.6. The fourth-order valence-electron chi connectivity index (χ4n) is 1.81. The monoisotopic (exact) mass is 240 g/mol. The summed E-state index contributed by atoms with van der Waals surface area (Å²) >= 11 is 0. The summed E-state index contributed by atoms with van der Waals surface area (Å²) in [6.07, 6.45) is 0.411. The summed E-state index contributed by atoms with van der Waals surface area (Å²) in [6.45, 7) is 0.401. The van der Waals surface area contributed by atoms with E-state index < -0.39 is 28.9 Å². The zero-order valence-electron chi connectivity index (χ0n) is 8.87.